The van der Waals surface area contributed by atoms with E-state index in [0.29, 0.717) is 11.8 Å². The Balaban J connectivity index is 1.66. The molecule has 14 nitrogen and oxygen atoms in total. The molecule has 2 aromatic carbocycles. The molecule has 1 heterocycles. The summed E-state index contributed by atoms with van der Waals surface area (Å²) in [6.07, 6.45) is -0.0779. The molecule has 40 heavy (non-hydrogen) atoms. The standard InChI is InChI=1S/C22H23BF2N8O6S/c1-11(27-10-23-37)18(34)28-12(2)19(35)32-40(38,39)14-8-6-13(7-9-14)29-22-30-21(26)33(31-22)20(36)17-15(24)4-3-5-16(17)25/h3-9,11-12,27H,10H2,1-2H3,(H,28,34)(H,32,35)(H3,26,29,30,31)/t11-,12-/m0/s1. The molecule has 0 spiro atoms. The fourth-order valence-corrected chi connectivity index (χ4v) is 4.24. The Kier molecular flexibility index (Phi) is 9.38. The van der Waals surface area contributed by atoms with Crippen molar-refractivity contribution < 1.29 is 36.3 Å². The van der Waals surface area contributed by atoms with Gasteiger partial charge in [0.15, 0.2) is 0 Å². The summed E-state index contributed by atoms with van der Waals surface area (Å²) in [6, 6.07) is 5.74. The fraction of sp³-hybridized carbons (Fsp3) is 0.227. The predicted molar refractivity (Wildman–Crippen MR) is 137 cm³/mol. The van der Waals surface area contributed by atoms with Crippen molar-refractivity contribution in [2.75, 3.05) is 17.5 Å². The van der Waals surface area contributed by atoms with Crippen LogP contribution < -0.4 is 26.4 Å². The summed E-state index contributed by atoms with van der Waals surface area (Å²) >= 11 is 0. The van der Waals surface area contributed by atoms with Gasteiger partial charge < -0.3 is 11.1 Å². The Morgan fingerprint density at radius 2 is 1.65 bits per heavy atom. The second kappa shape index (κ2) is 12.5. The molecule has 0 radical (unpaired) electrons. The van der Waals surface area contributed by atoms with Crippen LogP contribution in [0.5, 0.6) is 0 Å². The third-order valence-electron chi connectivity index (χ3n) is 5.31. The number of nitrogens with two attached hydrogens (primary N) is 1. The van der Waals surface area contributed by atoms with Crippen LogP contribution in [0.2, 0.25) is 0 Å². The first-order valence-electron chi connectivity index (χ1n) is 11.5. The van der Waals surface area contributed by atoms with Gasteiger partial charge in [0.05, 0.1) is 0 Å². The summed E-state index contributed by atoms with van der Waals surface area (Å²) in [5, 5.41) is 11.4. The van der Waals surface area contributed by atoms with Gasteiger partial charge in [-0.2, -0.15) is 9.67 Å². The van der Waals surface area contributed by atoms with Gasteiger partial charge >= 0.3 is 129 Å². The zero-order chi connectivity index (χ0) is 29.6. The number of hydrogen-bond acceptors (Lipinski definition) is 11. The van der Waals surface area contributed by atoms with Crippen molar-refractivity contribution in [1.82, 2.24) is 30.1 Å². The third kappa shape index (κ3) is 7.09. The number of aromatic nitrogens is 3. The minimum absolute atomic E-state index is 0.0779. The Morgan fingerprint density at radius 3 is 2.25 bits per heavy atom. The molecule has 0 aliphatic carbocycles. The number of amides is 2. The van der Waals surface area contributed by atoms with Gasteiger partial charge in [-0.25, -0.2) is 8.78 Å². The normalized spacial score (nSPS) is 12.6. The number of anilines is 3. The van der Waals surface area contributed by atoms with Gasteiger partial charge in [0.25, 0.3) is 5.91 Å². The topological polar surface area (TPSA) is 207 Å². The molecule has 1 aromatic heterocycles. The monoisotopic (exact) mass is 576 g/mol. The van der Waals surface area contributed by atoms with Gasteiger partial charge in [-0.1, -0.05) is 6.07 Å². The third-order valence-corrected chi connectivity index (χ3v) is 6.67. The maximum atomic E-state index is 14.0. The average Bonchev–Trinajstić information content (AvgIpc) is 3.26. The van der Waals surface area contributed by atoms with Crippen LogP contribution in [0, 0.1) is 11.6 Å². The zero-order valence-electron chi connectivity index (χ0n) is 21.0. The summed E-state index contributed by atoms with van der Waals surface area (Å²) in [6.45, 7) is 2.75. The van der Waals surface area contributed by atoms with Crippen molar-refractivity contribution in [3.05, 3.63) is 59.7 Å². The van der Waals surface area contributed by atoms with Crippen LogP contribution in [0.3, 0.4) is 0 Å². The van der Waals surface area contributed by atoms with Gasteiger partial charge in [0.1, 0.15) is 17.2 Å². The van der Waals surface area contributed by atoms with E-state index < -0.39 is 63.0 Å². The van der Waals surface area contributed by atoms with E-state index in [2.05, 4.69) is 26.0 Å². The molecule has 3 rings (SSSR count). The zero-order valence-corrected chi connectivity index (χ0v) is 21.8. The van der Waals surface area contributed by atoms with E-state index in [9.17, 15) is 36.3 Å². The van der Waals surface area contributed by atoms with E-state index in [-0.39, 0.29) is 23.0 Å². The first-order valence-corrected chi connectivity index (χ1v) is 12.9. The number of nitrogen functional groups attached to an aromatic ring is 1. The Hall–Kier alpha value is -4.58. The van der Waals surface area contributed by atoms with E-state index in [0.717, 1.165) is 30.3 Å². The molecule has 6 N–H and O–H groups in total. The van der Waals surface area contributed by atoms with Crippen molar-refractivity contribution >= 4 is 52.5 Å². The summed E-state index contributed by atoms with van der Waals surface area (Å²) in [5.74, 6) is -5.73. The quantitative estimate of drug-likeness (QED) is 0.190. The van der Waals surface area contributed by atoms with Crippen molar-refractivity contribution in [2.45, 2.75) is 30.8 Å². The molecular weight excluding hydrogens is 553 g/mol. The van der Waals surface area contributed by atoms with Crippen molar-refractivity contribution in [3.8, 4) is 0 Å². The summed E-state index contributed by atoms with van der Waals surface area (Å²) in [5.41, 5.74) is 5.04. The number of halogens is 2. The molecule has 18 heteroatoms. The van der Waals surface area contributed by atoms with E-state index in [1.54, 1.807) is 0 Å². The van der Waals surface area contributed by atoms with Crippen molar-refractivity contribution in [2.24, 2.45) is 0 Å². The van der Waals surface area contributed by atoms with Crippen molar-refractivity contribution in [3.63, 3.8) is 0 Å². The van der Waals surface area contributed by atoms with E-state index in [1.807, 2.05) is 4.72 Å². The van der Waals surface area contributed by atoms with Crippen LogP contribution >= 0.6 is 0 Å². The maximum absolute atomic E-state index is 14.0. The molecular formula is C22H23BF2N8O6S. The van der Waals surface area contributed by atoms with Crippen LogP contribution in [0.25, 0.3) is 0 Å². The van der Waals surface area contributed by atoms with Gasteiger partial charge in [-0.15, -0.1) is 5.10 Å². The molecule has 0 aliphatic heterocycles. The molecule has 0 saturated carbocycles. The van der Waals surface area contributed by atoms with E-state index in [4.69, 9.17) is 5.73 Å². The van der Waals surface area contributed by atoms with Crippen LogP contribution in [0.1, 0.15) is 24.2 Å². The first kappa shape index (κ1) is 30.0. The number of carbonyl (C=O) groups excluding carboxylic acids is 3. The Bertz CT molecular complexity index is 1530. The SMILES string of the molecule is C[C@H](NCB=O)C(=O)N[C@@H](C)C(=O)NS(=O)(=O)c1ccc(Nc2nc(N)n(C(=O)c3c(F)cccc3F)n2)cc1. The van der Waals surface area contributed by atoms with Gasteiger partial charge in [0.2, 0.25) is 11.9 Å². The minimum atomic E-state index is -4.33. The van der Waals surface area contributed by atoms with Crippen LogP contribution in [0.15, 0.2) is 47.4 Å². The van der Waals surface area contributed by atoms with Gasteiger partial charge in [-0.3, -0.25) is 4.79 Å². The summed E-state index contributed by atoms with van der Waals surface area (Å²) < 4.78 is 66.0. The number of benzene rings is 2. The van der Waals surface area contributed by atoms with Gasteiger partial charge in [-0.05, 0) is 12.1 Å². The average molecular weight is 576 g/mol. The van der Waals surface area contributed by atoms with Crippen LogP contribution in [-0.2, 0) is 24.3 Å². The molecule has 3 aromatic rings. The van der Waals surface area contributed by atoms with Gasteiger partial charge in [0, 0.05) is 5.69 Å². The molecule has 0 unspecified atom stereocenters. The number of sulfonamides is 1. The van der Waals surface area contributed by atoms with Crippen LogP contribution in [0.4, 0.5) is 26.4 Å². The molecule has 210 valence electrons. The fourth-order valence-electron chi connectivity index (χ4n) is 3.18. The van der Waals surface area contributed by atoms with Crippen LogP contribution in [-0.4, -0.2) is 66.6 Å². The number of nitrogens with zero attached hydrogens (tertiary/aromatic N) is 3. The number of hydrogen-bond donors (Lipinski definition) is 5. The molecule has 2 atom stereocenters. The summed E-state index contributed by atoms with van der Waals surface area (Å²) in [4.78, 5) is 40.4. The molecule has 0 saturated heterocycles. The Morgan fingerprint density at radius 1 is 1.02 bits per heavy atom. The second-order valence-corrected chi connectivity index (χ2v) is 9.94. The second-order valence-electron chi connectivity index (χ2n) is 8.25. The Labute approximate surface area is 227 Å². The number of nitrogens with one attached hydrogen (secondary N) is 4. The molecule has 0 bridgehead atoms. The first-order chi connectivity index (χ1) is 18.8. The summed E-state index contributed by atoms with van der Waals surface area (Å²) in [7, 11) is -3.77. The van der Waals surface area contributed by atoms with Crippen molar-refractivity contribution in [1.29, 1.82) is 0 Å². The van der Waals surface area contributed by atoms with E-state index in [1.165, 1.54) is 26.0 Å². The van der Waals surface area contributed by atoms with E-state index >= 15 is 0 Å². The predicted octanol–water partition coefficient (Wildman–Crippen LogP) is -0.134. The molecule has 2 amide bonds. The molecule has 0 aliphatic rings. The number of rotatable bonds is 11. The number of carbonyl (C=O) groups is 3. The molecule has 0 fully saturated rings.